The average molecular weight is 277 g/mol. The Hall–Kier alpha value is -0.0800. The Morgan fingerprint density at radius 1 is 1.10 bits per heavy atom. The van der Waals surface area contributed by atoms with Gasteiger partial charge in [0.1, 0.15) is 0 Å². The van der Waals surface area contributed by atoms with Gasteiger partial charge < -0.3 is 10.1 Å². The van der Waals surface area contributed by atoms with Gasteiger partial charge in [-0.05, 0) is 75.2 Å². The molecule has 3 aliphatic carbocycles. The summed E-state index contributed by atoms with van der Waals surface area (Å²) in [4.78, 5) is 0. The van der Waals surface area contributed by atoms with E-state index in [2.05, 4.69) is 12.2 Å². The third kappa shape index (κ3) is 2.43. The fourth-order valence-corrected chi connectivity index (χ4v) is 5.75. The van der Waals surface area contributed by atoms with E-state index in [0.717, 1.165) is 42.9 Å². The van der Waals surface area contributed by atoms with E-state index in [1.165, 1.54) is 51.4 Å². The van der Waals surface area contributed by atoms with Gasteiger partial charge in [0, 0.05) is 12.6 Å². The van der Waals surface area contributed by atoms with Crippen LogP contribution >= 0.6 is 0 Å². The van der Waals surface area contributed by atoms with Crippen molar-refractivity contribution in [2.24, 2.45) is 23.7 Å². The molecule has 1 saturated heterocycles. The van der Waals surface area contributed by atoms with Crippen LogP contribution < -0.4 is 5.32 Å². The molecule has 0 radical (unpaired) electrons. The number of rotatable bonds is 4. The van der Waals surface area contributed by atoms with Crippen LogP contribution in [0.15, 0.2) is 0 Å². The highest BCUT2D eigenvalue weighted by atomic mass is 16.5. The largest absolute Gasteiger partial charge is 0.375 e. The van der Waals surface area contributed by atoms with Crippen molar-refractivity contribution in [1.82, 2.24) is 5.32 Å². The van der Waals surface area contributed by atoms with E-state index in [1.54, 1.807) is 6.42 Å². The maximum absolute atomic E-state index is 6.25. The van der Waals surface area contributed by atoms with Crippen LogP contribution in [0.5, 0.6) is 0 Å². The summed E-state index contributed by atoms with van der Waals surface area (Å²) in [5, 5.41) is 3.89. The summed E-state index contributed by atoms with van der Waals surface area (Å²) in [5.74, 6) is 4.08. The van der Waals surface area contributed by atoms with Crippen molar-refractivity contribution in [3.8, 4) is 0 Å². The first-order valence-electron chi connectivity index (χ1n) is 9.17. The second-order valence-corrected chi connectivity index (χ2v) is 8.06. The quantitative estimate of drug-likeness (QED) is 0.845. The standard InChI is InChI=1S/C18H31NO/c1-2-19-17(16-10-14-9-15(14)11-16)13-5-8-20-18(12-13)6-3-4-7-18/h13-17,19H,2-12H2,1H3. The first-order valence-corrected chi connectivity index (χ1v) is 9.17. The van der Waals surface area contributed by atoms with Crippen molar-refractivity contribution >= 4 is 0 Å². The van der Waals surface area contributed by atoms with Gasteiger partial charge in [-0.1, -0.05) is 19.8 Å². The lowest BCUT2D eigenvalue weighted by molar-refractivity contribution is -0.101. The molecule has 4 unspecified atom stereocenters. The highest BCUT2D eigenvalue weighted by Gasteiger charge is 2.50. The second-order valence-electron chi connectivity index (χ2n) is 8.06. The number of fused-ring (bicyclic) bond motifs is 1. The molecular weight excluding hydrogens is 246 g/mol. The molecule has 0 amide bonds. The van der Waals surface area contributed by atoms with Crippen molar-refractivity contribution in [2.45, 2.75) is 76.4 Å². The molecule has 4 aliphatic rings. The molecule has 20 heavy (non-hydrogen) atoms. The highest BCUT2D eigenvalue weighted by Crippen LogP contribution is 2.56. The molecule has 1 N–H and O–H groups in total. The second kappa shape index (κ2) is 5.28. The summed E-state index contributed by atoms with van der Waals surface area (Å²) in [6.45, 7) is 4.44. The Morgan fingerprint density at radius 3 is 2.55 bits per heavy atom. The molecule has 0 aromatic heterocycles. The molecule has 1 spiro atoms. The lowest BCUT2D eigenvalue weighted by atomic mass is 9.75. The first kappa shape index (κ1) is 13.6. The van der Waals surface area contributed by atoms with Gasteiger partial charge in [0.25, 0.3) is 0 Å². The zero-order valence-corrected chi connectivity index (χ0v) is 13.1. The van der Waals surface area contributed by atoms with E-state index < -0.39 is 0 Å². The van der Waals surface area contributed by atoms with Gasteiger partial charge >= 0.3 is 0 Å². The topological polar surface area (TPSA) is 21.3 Å². The van der Waals surface area contributed by atoms with E-state index in [9.17, 15) is 0 Å². The van der Waals surface area contributed by atoms with Crippen LogP contribution in [-0.4, -0.2) is 24.8 Å². The zero-order chi connectivity index (χ0) is 13.6. The van der Waals surface area contributed by atoms with E-state index in [-0.39, 0.29) is 5.60 Å². The van der Waals surface area contributed by atoms with Crippen LogP contribution in [0.2, 0.25) is 0 Å². The SMILES string of the molecule is CCNC(C1CC2CC2C1)C1CCOC2(CCCC2)C1. The van der Waals surface area contributed by atoms with Gasteiger partial charge in [0.2, 0.25) is 0 Å². The normalized spacial score (nSPS) is 43.6. The van der Waals surface area contributed by atoms with Crippen LogP contribution in [0.1, 0.15) is 64.7 Å². The van der Waals surface area contributed by atoms with E-state index in [0.29, 0.717) is 0 Å². The van der Waals surface area contributed by atoms with Gasteiger partial charge in [0.15, 0.2) is 0 Å². The van der Waals surface area contributed by atoms with Gasteiger partial charge in [-0.2, -0.15) is 0 Å². The average Bonchev–Trinajstić information content (AvgIpc) is 2.86. The van der Waals surface area contributed by atoms with Gasteiger partial charge in [-0.15, -0.1) is 0 Å². The van der Waals surface area contributed by atoms with E-state index >= 15 is 0 Å². The molecule has 0 aromatic rings. The molecule has 4 fully saturated rings. The van der Waals surface area contributed by atoms with Crippen molar-refractivity contribution < 1.29 is 4.74 Å². The maximum Gasteiger partial charge on any atom is 0.0685 e. The van der Waals surface area contributed by atoms with Crippen molar-refractivity contribution in [1.29, 1.82) is 0 Å². The minimum absolute atomic E-state index is 0.290. The Labute approximate surface area is 124 Å². The minimum atomic E-state index is 0.290. The Bertz CT molecular complexity index is 339. The number of nitrogens with one attached hydrogen (secondary N) is 1. The Morgan fingerprint density at radius 2 is 1.85 bits per heavy atom. The van der Waals surface area contributed by atoms with Crippen molar-refractivity contribution in [2.75, 3.05) is 13.2 Å². The predicted octanol–water partition coefficient (Wildman–Crippen LogP) is 3.75. The fourth-order valence-electron chi connectivity index (χ4n) is 5.75. The fraction of sp³-hybridized carbons (Fsp3) is 1.00. The third-order valence-corrected chi connectivity index (χ3v) is 6.78. The van der Waals surface area contributed by atoms with E-state index in [1.807, 2.05) is 0 Å². The monoisotopic (exact) mass is 277 g/mol. The lowest BCUT2D eigenvalue weighted by Gasteiger charge is -2.43. The Balaban J connectivity index is 1.44. The van der Waals surface area contributed by atoms with Crippen LogP contribution in [0.3, 0.4) is 0 Å². The molecule has 4 rings (SSSR count). The van der Waals surface area contributed by atoms with Crippen LogP contribution in [-0.2, 0) is 4.74 Å². The minimum Gasteiger partial charge on any atom is -0.375 e. The van der Waals surface area contributed by atoms with Crippen LogP contribution in [0.25, 0.3) is 0 Å². The summed E-state index contributed by atoms with van der Waals surface area (Å²) in [6.07, 6.45) is 12.7. The summed E-state index contributed by atoms with van der Waals surface area (Å²) < 4.78 is 6.25. The summed E-state index contributed by atoms with van der Waals surface area (Å²) in [5.41, 5.74) is 0.290. The highest BCUT2D eigenvalue weighted by molar-refractivity contribution is 5.02. The number of hydrogen-bond donors (Lipinski definition) is 1. The van der Waals surface area contributed by atoms with Crippen LogP contribution in [0.4, 0.5) is 0 Å². The molecule has 0 bridgehead atoms. The zero-order valence-electron chi connectivity index (χ0n) is 13.1. The van der Waals surface area contributed by atoms with Crippen molar-refractivity contribution in [3.63, 3.8) is 0 Å². The summed E-state index contributed by atoms with van der Waals surface area (Å²) >= 11 is 0. The molecule has 0 aromatic carbocycles. The molecule has 1 heterocycles. The van der Waals surface area contributed by atoms with E-state index in [4.69, 9.17) is 4.74 Å². The Kier molecular flexibility index (Phi) is 3.58. The smallest absolute Gasteiger partial charge is 0.0685 e. The summed E-state index contributed by atoms with van der Waals surface area (Å²) in [7, 11) is 0. The first-order chi connectivity index (χ1) is 9.80. The maximum atomic E-state index is 6.25. The molecule has 114 valence electrons. The summed E-state index contributed by atoms with van der Waals surface area (Å²) in [6, 6.07) is 0.786. The molecule has 1 aliphatic heterocycles. The molecular formula is C18H31NO. The van der Waals surface area contributed by atoms with Crippen molar-refractivity contribution in [3.05, 3.63) is 0 Å². The number of ether oxygens (including phenoxy) is 1. The molecule has 2 nitrogen and oxygen atoms in total. The molecule has 3 saturated carbocycles. The third-order valence-electron chi connectivity index (χ3n) is 6.78. The predicted molar refractivity (Wildman–Crippen MR) is 81.7 cm³/mol. The van der Waals surface area contributed by atoms with Gasteiger partial charge in [-0.3, -0.25) is 0 Å². The van der Waals surface area contributed by atoms with Crippen LogP contribution in [0, 0.1) is 23.7 Å². The molecule has 2 heteroatoms. The van der Waals surface area contributed by atoms with Gasteiger partial charge in [0.05, 0.1) is 5.60 Å². The number of hydrogen-bond acceptors (Lipinski definition) is 2. The van der Waals surface area contributed by atoms with Gasteiger partial charge in [-0.25, -0.2) is 0 Å². The molecule has 4 atom stereocenters. The lowest BCUT2D eigenvalue weighted by Crippen LogP contribution is -2.48.